The van der Waals surface area contributed by atoms with Crippen LogP contribution >= 0.6 is 0 Å². The molecule has 3 heteroatoms. The second kappa shape index (κ2) is 3.86. The van der Waals surface area contributed by atoms with Gasteiger partial charge in [0.05, 0.1) is 11.8 Å². The molecule has 0 unspecified atom stereocenters. The molecule has 2 nitrogen and oxygen atoms in total. The number of pyridine rings is 1. The van der Waals surface area contributed by atoms with Crippen LogP contribution in [-0.4, -0.2) is 10.8 Å². The maximum absolute atomic E-state index is 13.1. The molecule has 74 valence electrons. The van der Waals surface area contributed by atoms with Gasteiger partial charge in [-0.1, -0.05) is 12.8 Å². The minimum Gasteiger partial charge on any atom is -0.294 e. The highest BCUT2D eigenvalue weighted by atomic mass is 19.1. The molecule has 1 aromatic rings. The Hall–Kier alpha value is -1.25. The quantitative estimate of drug-likeness (QED) is 0.688. The number of aromatic nitrogens is 1. The lowest BCUT2D eigenvalue weighted by Crippen LogP contribution is -2.02. The first-order valence-corrected chi connectivity index (χ1v) is 4.90. The lowest BCUT2D eigenvalue weighted by Gasteiger charge is -2.00. The highest BCUT2D eigenvalue weighted by Crippen LogP contribution is 2.33. The second-order valence-corrected chi connectivity index (χ2v) is 3.76. The van der Waals surface area contributed by atoms with E-state index in [2.05, 4.69) is 4.98 Å². The molecule has 0 bridgehead atoms. The minimum atomic E-state index is -0.506. The number of hydrogen-bond donors (Lipinski definition) is 0. The van der Waals surface area contributed by atoms with Gasteiger partial charge in [-0.3, -0.25) is 9.78 Å². The van der Waals surface area contributed by atoms with Gasteiger partial charge in [0, 0.05) is 12.6 Å². The summed E-state index contributed by atoms with van der Waals surface area (Å²) in [7, 11) is 0. The average Bonchev–Trinajstić information content (AvgIpc) is 2.98. The van der Waals surface area contributed by atoms with E-state index in [1.807, 2.05) is 0 Å². The van der Waals surface area contributed by atoms with Crippen LogP contribution < -0.4 is 0 Å². The van der Waals surface area contributed by atoms with Crippen LogP contribution in [0.1, 0.15) is 36.0 Å². The highest BCUT2D eigenvalue weighted by molar-refractivity contribution is 5.96. The molecule has 0 aliphatic heterocycles. The van der Waals surface area contributed by atoms with E-state index in [9.17, 15) is 9.18 Å². The van der Waals surface area contributed by atoms with Crippen LogP contribution in [0, 0.1) is 11.7 Å². The van der Waals surface area contributed by atoms with Crippen molar-refractivity contribution in [1.82, 2.24) is 4.98 Å². The molecule has 0 saturated heterocycles. The van der Waals surface area contributed by atoms with E-state index in [1.54, 1.807) is 0 Å². The molecule has 2 rings (SSSR count). The summed E-state index contributed by atoms with van der Waals surface area (Å²) in [5.74, 6) is 0.106. The molecule has 1 heterocycles. The summed E-state index contributed by atoms with van der Waals surface area (Å²) < 4.78 is 13.1. The summed E-state index contributed by atoms with van der Waals surface area (Å²) in [6.07, 6.45) is 6.36. The van der Waals surface area contributed by atoms with Gasteiger partial charge in [-0.15, -0.1) is 0 Å². The second-order valence-electron chi connectivity index (χ2n) is 3.76. The van der Waals surface area contributed by atoms with Crippen LogP contribution in [0.25, 0.3) is 0 Å². The van der Waals surface area contributed by atoms with Gasteiger partial charge in [0.15, 0.2) is 11.6 Å². The Morgan fingerprint density at radius 3 is 3.00 bits per heavy atom. The van der Waals surface area contributed by atoms with Crippen molar-refractivity contribution in [2.24, 2.45) is 5.92 Å². The van der Waals surface area contributed by atoms with Gasteiger partial charge in [-0.25, -0.2) is 4.39 Å². The van der Waals surface area contributed by atoms with E-state index in [0.29, 0.717) is 12.3 Å². The Kier molecular flexibility index (Phi) is 2.57. The molecule has 1 saturated carbocycles. The Labute approximate surface area is 82.2 Å². The maximum Gasteiger partial charge on any atom is 0.165 e. The van der Waals surface area contributed by atoms with E-state index in [1.165, 1.54) is 25.1 Å². The van der Waals surface area contributed by atoms with E-state index >= 15 is 0 Å². The highest BCUT2D eigenvalue weighted by Gasteiger charge is 2.22. The monoisotopic (exact) mass is 193 g/mol. The zero-order valence-corrected chi connectivity index (χ0v) is 7.87. The van der Waals surface area contributed by atoms with Crippen molar-refractivity contribution in [3.63, 3.8) is 0 Å². The van der Waals surface area contributed by atoms with Gasteiger partial charge < -0.3 is 0 Å². The summed E-state index contributed by atoms with van der Waals surface area (Å²) in [6.45, 7) is 0. The largest absolute Gasteiger partial charge is 0.294 e. The number of carbonyl (C=O) groups excluding carboxylic acids is 1. The predicted molar refractivity (Wildman–Crippen MR) is 50.5 cm³/mol. The maximum atomic E-state index is 13.1. The van der Waals surface area contributed by atoms with Gasteiger partial charge in [0.2, 0.25) is 0 Å². The van der Waals surface area contributed by atoms with E-state index in [0.717, 1.165) is 12.6 Å². The number of carbonyl (C=O) groups is 1. The molecule has 0 aromatic carbocycles. The van der Waals surface area contributed by atoms with Gasteiger partial charge in [0.25, 0.3) is 0 Å². The van der Waals surface area contributed by atoms with Crippen LogP contribution in [0.5, 0.6) is 0 Å². The topological polar surface area (TPSA) is 30.0 Å². The first-order valence-electron chi connectivity index (χ1n) is 4.90. The molecule has 0 radical (unpaired) electrons. The summed E-state index contributed by atoms with van der Waals surface area (Å²) in [5.41, 5.74) is 0.181. The van der Waals surface area contributed by atoms with Crippen LogP contribution in [0.4, 0.5) is 4.39 Å². The first kappa shape index (κ1) is 9.31. The molecule has 0 atom stereocenters. The standard InChI is InChI=1S/C11H12FNO/c12-10-7-13-6-5-9(10)11(14)4-3-8-1-2-8/h5-8H,1-4H2. The average molecular weight is 193 g/mol. The van der Waals surface area contributed by atoms with Crippen molar-refractivity contribution in [3.8, 4) is 0 Å². The molecule has 1 aromatic heterocycles. The lowest BCUT2D eigenvalue weighted by atomic mass is 10.1. The fourth-order valence-corrected chi connectivity index (χ4v) is 1.48. The molecule has 1 aliphatic rings. The molecule has 0 amide bonds. The molecule has 1 aliphatic carbocycles. The van der Waals surface area contributed by atoms with Gasteiger partial charge in [-0.05, 0) is 18.4 Å². The molecule has 1 fully saturated rings. The summed E-state index contributed by atoms with van der Waals surface area (Å²) >= 11 is 0. The van der Waals surface area contributed by atoms with Crippen molar-refractivity contribution < 1.29 is 9.18 Å². The number of hydrogen-bond acceptors (Lipinski definition) is 2. The number of nitrogens with zero attached hydrogens (tertiary/aromatic N) is 1. The predicted octanol–water partition coefficient (Wildman–Crippen LogP) is 2.59. The van der Waals surface area contributed by atoms with Gasteiger partial charge in [0.1, 0.15) is 0 Å². The number of Topliss-reactive ketones (excluding diaryl/α,β-unsaturated/α-hetero) is 1. The third kappa shape index (κ3) is 2.16. The van der Waals surface area contributed by atoms with Crippen LogP contribution in [0.3, 0.4) is 0 Å². The van der Waals surface area contributed by atoms with E-state index in [4.69, 9.17) is 0 Å². The zero-order valence-electron chi connectivity index (χ0n) is 7.87. The van der Waals surface area contributed by atoms with E-state index in [-0.39, 0.29) is 11.3 Å². The SMILES string of the molecule is O=C(CCC1CC1)c1ccncc1F. The van der Waals surface area contributed by atoms with Crippen molar-refractivity contribution >= 4 is 5.78 Å². The Morgan fingerprint density at radius 1 is 1.57 bits per heavy atom. The fourth-order valence-electron chi connectivity index (χ4n) is 1.48. The molecule has 14 heavy (non-hydrogen) atoms. The normalized spacial score (nSPS) is 15.5. The third-order valence-electron chi connectivity index (χ3n) is 2.55. The van der Waals surface area contributed by atoms with E-state index < -0.39 is 5.82 Å². The van der Waals surface area contributed by atoms with Crippen LogP contribution in [0.15, 0.2) is 18.5 Å². The Bertz CT molecular complexity index is 347. The molecular weight excluding hydrogens is 181 g/mol. The smallest absolute Gasteiger partial charge is 0.165 e. The summed E-state index contributed by atoms with van der Waals surface area (Å²) in [6, 6.07) is 1.45. The van der Waals surface area contributed by atoms with Crippen LogP contribution in [-0.2, 0) is 0 Å². The lowest BCUT2D eigenvalue weighted by molar-refractivity contribution is 0.0974. The third-order valence-corrected chi connectivity index (χ3v) is 2.55. The minimum absolute atomic E-state index is 0.100. The number of ketones is 1. The van der Waals surface area contributed by atoms with Gasteiger partial charge >= 0.3 is 0 Å². The zero-order chi connectivity index (χ0) is 9.97. The summed E-state index contributed by atoms with van der Waals surface area (Å²) in [5, 5.41) is 0. The first-order chi connectivity index (χ1) is 6.77. The van der Waals surface area contributed by atoms with Crippen LogP contribution in [0.2, 0.25) is 0 Å². The summed E-state index contributed by atoms with van der Waals surface area (Å²) in [4.78, 5) is 15.1. The number of halogens is 1. The van der Waals surface area contributed by atoms with Crippen molar-refractivity contribution in [2.75, 3.05) is 0 Å². The molecule has 0 N–H and O–H groups in total. The Balaban J connectivity index is 1.98. The molecule has 0 spiro atoms. The van der Waals surface area contributed by atoms with Crippen molar-refractivity contribution in [2.45, 2.75) is 25.7 Å². The van der Waals surface area contributed by atoms with Crippen molar-refractivity contribution in [1.29, 1.82) is 0 Å². The van der Waals surface area contributed by atoms with Crippen molar-refractivity contribution in [3.05, 3.63) is 29.8 Å². The fraction of sp³-hybridized carbons (Fsp3) is 0.455. The van der Waals surface area contributed by atoms with Gasteiger partial charge in [-0.2, -0.15) is 0 Å². The Morgan fingerprint density at radius 2 is 2.36 bits per heavy atom. The number of rotatable bonds is 4. The molecular formula is C11H12FNO.